The van der Waals surface area contributed by atoms with Crippen LogP contribution in [-0.2, 0) is 11.2 Å². The van der Waals surface area contributed by atoms with Crippen molar-refractivity contribution in [2.24, 2.45) is 0 Å². The summed E-state index contributed by atoms with van der Waals surface area (Å²) in [4.78, 5) is 11.5. The molecule has 0 aliphatic carbocycles. The highest BCUT2D eigenvalue weighted by Crippen LogP contribution is 2.22. The zero-order valence-electron chi connectivity index (χ0n) is 11.8. The molecule has 0 spiro atoms. The Morgan fingerprint density at radius 3 is 2.43 bits per heavy atom. The number of hydrogen-bond donors (Lipinski definition) is 2. The van der Waals surface area contributed by atoms with E-state index in [9.17, 15) is 18.0 Å². The Kier molecular flexibility index (Phi) is 7.01. The predicted octanol–water partition coefficient (Wildman–Crippen LogP) is 2.24. The van der Waals surface area contributed by atoms with Gasteiger partial charge in [-0.3, -0.25) is 4.79 Å². The molecule has 0 radical (unpaired) electrons. The second-order valence-electron chi connectivity index (χ2n) is 4.50. The van der Waals surface area contributed by atoms with Gasteiger partial charge in [-0.2, -0.15) is 0 Å². The Bertz CT molecular complexity index is 433. The molecule has 21 heavy (non-hydrogen) atoms. The second kappa shape index (κ2) is 8.51. The van der Waals surface area contributed by atoms with Crippen LogP contribution in [0.1, 0.15) is 18.4 Å². The molecule has 1 amide bonds. The van der Waals surface area contributed by atoms with Crippen LogP contribution in [0.15, 0.2) is 24.3 Å². The average Bonchev–Trinajstić information content (AvgIpc) is 2.41. The van der Waals surface area contributed by atoms with Gasteiger partial charge in [0.2, 0.25) is 5.91 Å². The first-order chi connectivity index (χ1) is 9.90. The van der Waals surface area contributed by atoms with Gasteiger partial charge in [-0.25, -0.2) is 0 Å². The van der Waals surface area contributed by atoms with Crippen molar-refractivity contribution < 1.29 is 22.7 Å². The van der Waals surface area contributed by atoms with E-state index in [1.807, 2.05) is 7.05 Å². The lowest BCUT2D eigenvalue weighted by atomic mass is 10.1. The Hall–Kier alpha value is -1.76. The molecule has 1 rings (SSSR count). The van der Waals surface area contributed by atoms with E-state index in [1.54, 1.807) is 0 Å². The quantitative estimate of drug-likeness (QED) is 0.724. The highest BCUT2D eigenvalue weighted by Gasteiger charge is 2.30. The van der Waals surface area contributed by atoms with E-state index in [-0.39, 0.29) is 11.7 Å². The topological polar surface area (TPSA) is 50.4 Å². The van der Waals surface area contributed by atoms with Crippen molar-refractivity contribution in [3.8, 4) is 5.75 Å². The van der Waals surface area contributed by atoms with Crippen LogP contribution in [0, 0.1) is 0 Å². The number of halogens is 3. The fourth-order valence-corrected chi connectivity index (χ4v) is 1.70. The Labute approximate surface area is 121 Å². The minimum atomic E-state index is -4.69. The lowest BCUT2D eigenvalue weighted by Crippen LogP contribution is -2.26. The summed E-state index contributed by atoms with van der Waals surface area (Å²) in [5.74, 6) is -0.329. The molecule has 7 heteroatoms. The van der Waals surface area contributed by atoms with Gasteiger partial charge in [0.05, 0.1) is 0 Å². The molecule has 0 aliphatic rings. The highest BCUT2D eigenvalue weighted by atomic mass is 19.4. The summed E-state index contributed by atoms with van der Waals surface area (Å²) in [7, 11) is 1.84. The Balaban J connectivity index is 2.30. The van der Waals surface area contributed by atoms with E-state index in [2.05, 4.69) is 15.4 Å². The van der Waals surface area contributed by atoms with E-state index >= 15 is 0 Å². The molecule has 1 aromatic rings. The number of benzene rings is 1. The van der Waals surface area contributed by atoms with Crippen LogP contribution in [0.2, 0.25) is 0 Å². The third-order valence-corrected chi connectivity index (χ3v) is 2.72. The van der Waals surface area contributed by atoms with Crippen molar-refractivity contribution in [1.82, 2.24) is 10.6 Å². The smallest absolute Gasteiger partial charge is 0.406 e. The maximum absolute atomic E-state index is 12.0. The van der Waals surface area contributed by atoms with Gasteiger partial charge in [0.25, 0.3) is 0 Å². The van der Waals surface area contributed by atoms with Crippen LogP contribution in [-0.4, -0.2) is 32.4 Å². The van der Waals surface area contributed by atoms with E-state index in [4.69, 9.17) is 0 Å². The average molecular weight is 304 g/mol. The number of amides is 1. The molecule has 2 N–H and O–H groups in total. The molecular formula is C14H19F3N2O2. The monoisotopic (exact) mass is 304 g/mol. The minimum Gasteiger partial charge on any atom is -0.406 e. The molecule has 0 fully saturated rings. The van der Waals surface area contributed by atoms with Gasteiger partial charge in [0, 0.05) is 13.0 Å². The summed E-state index contributed by atoms with van der Waals surface area (Å²) in [5.41, 5.74) is 0.787. The van der Waals surface area contributed by atoms with Gasteiger partial charge in [-0.05, 0) is 44.1 Å². The number of nitrogens with one attached hydrogen (secondary N) is 2. The predicted molar refractivity (Wildman–Crippen MR) is 73.0 cm³/mol. The first kappa shape index (κ1) is 17.3. The van der Waals surface area contributed by atoms with Gasteiger partial charge < -0.3 is 15.4 Å². The van der Waals surface area contributed by atoms with Gasteiger partial charge in [-0.15, -0.1) is 13.2 Å². The SMILES string of the molecule is CNCCCNC(=O)CCc1ccc(OC(F)(F)F)cc1. The van der Waals surface area contributed by atoms with Crippen molar-refractivity contribution in [2.75, 3.05) is 20.1 Å². The summed E-state index contributed by atoms with van der Waals surface area (Å²) < 4.78 is 39.7. The molecule has 0 aromatic heterocycles. The summed E-state index contributed by atoms with van der Waals surface area (Å²) >= 11 is 0. The van der Waals surface area contributed by atoms with E-state index in [0.717, 1.165) is 18.5 Å². The first-order valence-corrected chi connectivity index (χ1v) is 6.66. The van der Waals surface area contributed by atoms with Crippen molar-refractivity contribution in [3.05, 3.63) is 29.8 Å². The standard InChI is InChI=1S/C14H19F3N2O2/c1-18-9-2-10-19-13(20)8-5-11-3-6-12(7-4-11)21-14(15,16)17/h3-4,6-7,18H,2,5,8-10H2,1H3,(H,19,20). The lowest BCUT2D eigenvalue weighted by Gasteiger charge is -2.09. The second-order valence-corrected chi connectivity index (χ2v) is 4.50. The molecule has 0 aliphatic heterocycles. The molecular weight excluding hydrogens is 285 g/mol. The number of alkyl halides is 3. The van der Waals surface area contributed by atoms with Crippen molar-refractivity contribution in [2.45, 2.75) is 25.6 Å². The summed E-state index contributed by atoms with van der Waals surface area (Å²) in [5, 5.41) is 5.76. The molecule has 0 atom stereocenters. The van der Waals surface area contributed by atoms with Crippen LogP contribution >= 0.6 is 0 Å². The van der Waals surface area contributed by atoms with Crippen LogP contribution in [0.5, 0.6) is 5.75 Å². The lowest BCUT2D eigenvalue weighted by molar-refractivity contribution is -0.274. The number of hydrogen-bond acceptors (Lipinski definition) is 3. The molecule has 0 saturated carbocycles. The molecule has 118 valence electrons. The van der Waals surface area contributed by atoms with Crippen LogP contribution < -0.4 is 15.4 Å². The fraction of sp³-hybridized carbons (Fsp3) is 0.500. The van der Waals surface area contributed by atoms with Gasteiger partial charge >= 0.3 is 6.36 Å². The maximum Gasteiger partial charge on any atom is 0.573 e. The van der Waals surface area contributed by atoms with Gasteiger partial charge in [-0.1, -0.05) is 12.1 Å². The number of ether oxygens (including phenoxy) is 1. The highest BCUT2D eigenvalue weighted by molar-refractivity contribution is 5.76. The van der Waals surface area contributed by atoms with Crippen molar-refractivity contribution in [1.29, 1.82) is 0 Å². The number of carbonyl (C=O) groups excluding carboxylic acids is 1. The molecule has 0 heterocycles. The minimum absolute atomic E-state index is 0.0679. The van der Waals surface area contributed by atoms with E-state index in [1.165, 1.54) is 24.3 Å². The Morgan fingerprint density at radius 2 is 1.86 bits per heavy atom. The largest absolute Gasteiger partial charge is 0.573 e. The zero-order valence-corrected chi connectivity index (χ0v) is 11.8. The summed E-state index contributed by atoms with van der Waals surface area (Å²) in [6, 6.07) is 5.53. The van der Waals surface area contributed by atoms with Gasteiger partial charge in [0.1, 0.15) is 5.75 Å². The molecule has 0 bridgehead atoms. The summed E-state index contributed by atoms with van der Waals surface area (Å²) in [6.07, 6.45) is -3.05. The third kappa shape index (κ3) is 8.19. The normalized spacial score (nSPS) is 11.2. The molecule has 0 unspecified atom stereocenters. The zero-order chi connectivity index (χ0) is 15.7. The van der Waals surface area contributed by atoms with E-state index in [0.29, 0.717) is 19.4 Å². The first-order valence-electron chi connectivity index (χ1n) is 6.66. The van der Waals surface area contributed by atoms with Crippen LogP contribution in [0.25, 0.3) is 0 Å². The van der Waals surface area contributed by atoms with Crippen molar-refractivity contribution >= 4 is 5.91 Å². The summed E-state index contributed by atoms with van der Waals surface area (Å²) in [6.45, 7) is 1.44. The molecule has 1 aromatic carbocycles. The van der Waals surface area contributed by atoms with Crippen LogP contribution in [0.3, 0.4) is 0 Å². The van der Waals surface area contributed by atoms with Crippen LogP contribution in [0.4, 0.5) is 13.2 Å². The number of rotatable bonds is 8. The fourth-order valence-electron chi connectivity index (χ4n) is 1.70. The Morgan fingerprint density at radius 1 is 1.19 bits per heavy atom. The number of carbonyl (C=O) groups is 1. The van der Waals surface area contributed by atoms with E-state index < -0.39 is 6.36 Å². The van der Waals surface area contributed by atoms with Gasteiger partial charge in [0.15, 0.2) is 0 Å². The van der Waals surface area contributed by atoms with Crippen molar-refractivity contribution in [3.63, 3.8) is 0 Å². The molecule has 0 saturated heterocycles. The maximum atomic E-state index is 12.0. The number of aryl methyl sites for hydroxylation is 1. The molecule has 4 nitrogen and oxygen atoms in total. The third-order valence-electron chi connectivity index (χ3n) is 2.72.